The van der Waals surface area contributed by atoms with Gasteiger partial charge in [0.15, 0.2) is 0 Å². The molecule has 2 N–H and O–H groups in total. The Balaban J connectivity index is 2.01. The van der Waals surface area contributed by atoms with Crippen LogP contribution in [0.5, 0.6) is 5.75 Å². The molecule has 0 saturated carbocycles. The molecule has 0 saturated heterocycles. The summed E-state index contributed by atoms with van der Waals surface area (Å²) in [5.74, 6) is 1.01. The highest BCUT2D eigenvalue weighted by molar-refractivity contribution is 5.41. The molecule has 1 aromatic rings. The summed E-state index contributed by atoms with van der Waals surface area (Å²) in [6.45, 7) is 7.30. The van der Waals surface area contributed by atoms with E-state index in [1.54, 1.807) is 0 Å². The van der Waals surface area contributed by atoms with Crippen molar-refractivity contribution >= 4 is 0 Å². The maximum atomic E-state index is 9.15. The second kappa shape index (κ2) is 5.29. The molecule has 1 atom stereocenters. The summed E-state index contributed by atoms with van der Waals surface area (Å²) in [5, 5.41) is 12.5. The number of rotatable bonds is 5. The van der Waals surface area contributed by atoms with Crippen LogP contribution in [0.25, 0.3) is 0 Å². The van der Waals surface area contributed by atoms with Gasteiger partial charge in [0.25, 0.3) is 0 Å². The average Bonchev–Trinajstić information content (AvgIpc) is 2.63. The topological polar surface area (TPSA) is 41.5 Å². The Labute approximate surface area is 109 Å². The Kier molecular flexibility index (Phi) is 3.93. The summed E-state index contributed by atoms with van der Waals surface area (Å²) in [7, 11) is 0. The lowest BCUT2D eigenvalue weighted by Gasteiger charge is -2.16. The second-order valence-corrected chi connectivity index (χ2v) is 5.65. The van der Waals surface area contributed by atoms with Crippen molar-refractivity contribution in [3.05, 3.63) is 29.3 Å². The van der Waals surface area contributed by atoms with E-state index in [4.69, 9.17) is 9.84 Å². The molecule has 0 bridgehead atoms. The van der Waals surface area contributed by atoms with E-state index >= 15 is 0 Å². The lowest BCUT2D eigenvalue weighted by molar-refractivity contribution is 0.138. The van der Waals surface area contributed by atoms with Crippen molar-refractivity contribution in [1.29, 1.82) is 0 Å². The minimum atomic E-state index is -0.0779. The molecule has 18 heavy (non-hydrogen) atoms. The van der Waals surface area contributed by atoms with Gasteiger partial charge in [-0.05, 0) is 37.5 Å². The SMILES string of the molecule is CC[C@@H](CO)NCc1ccc2c(c1)CC(C)(C)O2. The van der Waals surface area contributed by atoms with Crippen molar-refractivity contribution in [3.63, 3.8) is 0 Å². The van der Waals surface area contributed by atoms with Crippen molar-refractivity contribution in [2.45, 2.75) is 51.8 Å². The zero-order valence-electron chi connectivity index (χ0n) is 11.5. The van der Waals surface area contributed by atoms with Crippen LogP contribution in [0.4, 0.5) is 0 Å². The highest BCUT2D eigenvalue weighted by Gasteiger charge is 2.29. The van der Waals surface area contributed by atoms with Gasteiger partial charge in [0.05, 0.1) is 6.61 Å². The molecule has 0 spiro atoms. The van der Waals surface area contributed by atoms with Gasteiger partial charge >= 0.3 is 0 Å². The van der Waals surface area contributed by atoms with Crippen LogP contribution in [-0.2, 0) is 13.0 Å². The largest absolute Gasteiger partial charge is 0.487 e. The molecule has 1 aliphatic rings. The molecule has 0 fully saturated rings. The van der Waals surface area contributed by atoms with E-state index in [9.17, 15) is 0 Å². The molecular weight excluding hydrogens is 226 g/mol. The van der Waals surface area contributed by atoms with E-state index in [0.717, 1.165) is 25.1 Å². The van der Waals surface area contributed by atoms with Gasteiger partial charge in [-0.15, -0.1) is 0 Å². The Morgan fingerprint density at radius 2 is 2.22 bits per heavy atom. The van der Waals surface area contributed by atoms with Gasteiger partial charge in [0.1, 0.15) is 11.4 Å². The predicted octanol–water partition coefficient (Wildman–Crippen LogP) is 2.26. The molecule has 2 rings (SSSR count). The molecule has 0 unspecified atom stereocenters. The van der Waals surface area contributed by atoms with Crippen LogP contribution >= 0.6 is 0 Å². The van der Waals surface area contributed by atoms with E-state index in [1.807, 2.05) is 0 Å². The molecule has 0 aliphatic carbocycles. The number of hydrogen-bond acceptors (Lipinski definition) is 3. The van der Waals surface area contributed by atoms with Gasteiger partial charge in [0, 0.05) is 19.0 Å². The fraction of sp³-hybridized carbons (Fsp3) is 0.600. The van der Waals surface area contributed by atoms with Gasteiger partial charge in [-0.3, -0.25) is 0 Å². The third kappa shape index (κ3) is 3.03. The van der Waals surface area contributed by atoms with Gasteiger partial charge in [0.2, 0.25) is 0 Å². The zero-order chi connectivity index (χ0) is 13.2. The summed E-state index contributed by atoms with van der Waals surface area (Å²) in [6.07, 6.45) is 1.91. The van der Waals surface area contributed by atoms with E-state index < -0.39 is 0 Å². The predicted molar refractivity (Wildman–Crippen MR) is 72.9 cm³/mol. The van der Waals surface area contributed by atoms with E-state index in [1.165, 1.54) is 11.1 Å². The normalized spacial score (nSPS) is 18.2. The molecule has 3 heteroatoms. The van der Waals surface area contributed by atoms with Crippen LogP contribution in [0.1, 0.15) is 38.3 Å². The summed E-state index contributed by atoms with van der Waals surface area (Å²) >= 11 is 0. The summed E-state index contributed by atoms with van der Waals surface area (Å²) < 4.78 is 5.86. The molecule has 3 nitrogen and oxygen atoms in total. The summed E-state index contributed by atoms with van der Waals surface area (Å²) in [4.78, 5) is 0. The molecule has 1 heterocycles. The average molecular weight is 249 g/mol. The first-order chi connectivity index (χ1) is 8.54. The Hall–Kier alpha value is -1.06. The second-order valence-electron chi connectivity index (χ2n) is 5.65. The molecule has 0 radical (unpaired) electrons. The monoisotopic (exact) mass is 249 g/mol. The number of fused-ring (bicyclic) bond motifs is 1. The lowest BCUT2D eigenvalue weighted by Crippen LogP contribution is -2.31. The van der Waals surface area contributed by atoms with Crippen LogP contribution in [0.2, 0.25) is 0 Å². The Morgan fingerprint density at radius 1 is 1.44 bits per heavy atom. The minimum Gasteiger partial charge on any atom is -0.487 e. The summed E-state index contributed by atoms with van der Waals surface area (Å²) in [5.41, 5.74) is 2.46. The van der Waals surface area contributed by atoms with Crippen LogP contribution < -0.4 is 10.1 Å². The van der Waals surface area contributed by atoms with Crippen LogP contribution in [0.3, 0.4) is 0 Å². The maximum Gasteiger partial charge on any atom is 0.123 e. The molecule has 0 amide bonds. The first-order valence-corrected chi connectivity index (χ1v) is 6.69. The van der Waals surface area contributed by atoms with Gasteiger partial charge < -0.3 is 15.2 Å². The zero-order valence-corrected chi connectivity index (χ0v) is 11.5. The van der Waals surface area contributed by atoms with Gasteiger partial charge in [-0.1, -0.05) is 19.1 Å². The van der Waals surface area contributed by atoms with Crippen molar-refractivity contribution in [1.82, 2.24) is 5.32 Å². The standard InChI is InChI=1S/C15H23NO2/c1-4-13(10-17)16-9-11-5-6-14-12(7-11)8-15(2,3)18-14/h5-7,13,16-17H,4,8-10H2,1-3H3/t13-/m0/s1. The van der Waals surface area contributed by atoms with E-state index in [0.29, 0.717) is 0 Å². The quantitative estimate of drug-likeness (QED) is 0.841. The summed E-state index contributed by atoms with van der Waals surface area (Å²) in [6, 6.07) is 6.55. The van der Waals surface area contributed by atoms with Gasteiger partial charge in [-0.2, -0.15) is 0 Å². The van der Waals surface area contributed by atoms with Crippen LogP contribution in [0.15, 0.2) is 18.2 Å². The van der Waals surface area contributed by atoms with Gasteiger partial charge in [-0.25, -0.2) is 0 Å². The molecule has 1 aromatic carbocycles. The van der Waals surface area contributed by atoms with Crippen molar-refractivity contribution in [2.24, 2.45) is 0 Å². The number of aliphatic hydroxyl groups is 1. The maximum absolute atomic E-state index is 9.15. The first kappa shape index (κ1) is 13.4. The van der Waals surface area contributed by atoms with Crippen LogP contribution in [0, 0.1) is 0 Å². The molecular formula is C15H23NO2. The van der Waals surface area contributed by atoms with E-state index in [2.05, 4.69) is 44.3 Å². The van der Waals surface area contributed by atoms with E-state index in [-0.39, 0.29) is 18.2 Å². The van der Waals surface area contributed by atoms with Crippen molar-refractivity contribution in [3.8, 4) is 5.75 Å². The lowest BCUT2D eigenvalue weighted by atomic mass is 10.00. The smallest absolute Gasteiger partial charge is 0.123 e. The third-order valence-electron chi connectivity index (χ3n) is 3.44. The fourth-order valence-electron chi connectivity index (χ4n) is 2.37. The minimum absolute atomic E-state index is 0.0779. The highest BCUT2D eigenvalue weighted by atomic mass is 16.5. The van der Waals surface area contributed by atoms with Crippen molar-refractivity contribution < 1.29 is 9.84 Å². The van der Waals surface area contributed by atoms with Crippen molar-refractivity contribution in [2.75, 3.05) is 6.61 Å². The number of nitrogens with one attached hydrogen (secondary N) is 1. The Bertz CT molecular complexity index is 411. The number of benzene rings is 1. The molecule has 100 valence electrons. The molecule has 1 aliphatic heterocycles. The Morgan fingerprint density at radius 3 is 2.89 bits per heavy atom. The number of ether oxygens (including phenoxy) is 1. The highest BCUT2D eigenvalue weighted by Crippen LogP contribution is 2.35. The number of aliphatic hydroxyl groups excluding tert-OH is 1. The molecule has 0 aromatic heterocycles. The third-order valence-corrected chi connectivity index (χ3v) is 3.44. The first-order valence-electron chi connectivity index (χ1n) is 6.69. The van der Waals surface area contributed by atoms with Crippen LogP contribution in [-0.4, -0.2) is 23.4 Å². The number of hydrogen-bond donors (Lipinski definition) is 2. The fourth-order valence-corrected chi connectivity index (χ4v) is 2.37.